The third-order valence-electron chi connectivity index (χ3n) is 2.63. The van der Waals surface area contributed by atoms with Crippen LogP contribution in [-0.2, 0) is 0 Å². The van der Waals surface area contributed by atoms with Gasteiger partial charge in [0.1, 0.15) is 36.6 Å². The number of rotatable bonds is 6. The van der Waals surface area contributed by atoms with Gasteiger partial charge >= 0.3 is 0 Å². The molecule has 0 amide bonds. The highest BCUT2D eigenvalue weighted by molar-refractivity contribution is 6.30. The molecule has 6 heteroatoms. The number of aliphatic hydroxyl groups excluding tert-OH is 1. The maximum Gasteiger partial charge on any atom is 0.145 e. The molecule has 0 aromatic heterocycles. The number of aliphatic hydroxyl groups is 1. The molecule has 0 fully saturated rings. The standard InChI is InChI=1S/C15H15ClFNO3/c16-14-5-4-13(7-15(14)17)21-9-11(19)8-20-12-3-1-2-10(18)6-12/h1-7,11,19H,8-9,18H2. The molecule has 112 valence electrons. The van der Waals surface area contributed by atoms with Crippen molar-refractivity contribution in [3.63, 3.8) is 0 Å². The van der Waals surface area contributed by atoms with Gasteiger partial charge in [-0.15, -0.1) is 0 Å². The molecule has 1 atom stereocenters. The lowest BCUT2D eigenvalue weighted by atomic mass is 10.3. The zero-order chi connectivity index (χ0) is 15.2. The SMILES string of the molecule is Nc1cccc(OCC(O)COc2ccc(Cl)c(F)c2)c1. The van der Waals surface area contributed by atoms with Gasteiger partial charge in [-0.1, -0.05) is 17.7 Å². The molecule has 3 N–H and O–H groups in total. The molecule has 2 rings (SSSR count). The molecular formula is C15H15ClFNO3. The van der Waals surface area contributed by atoms with Crippen molar-refractivity contribution in [1.29, 1.82) is 0 Å². The summed E-state index contributed by atoms with van der Waals surface area (Å²) in [6, 6.07) is 11.0. The Morgan fingerprint density at radius 2 is 1.76 bits per heavy atom. The summed E-state index contributed by atoms with van der Waals surface area (Å²) in [6.07, 6.45) is -0.856. The van der Waals surface area contributed by atoms with Crippen LogP contribution in [-0.4, -0.2) is 24.4 Å². The fraction of sp³-hybridized carbons (Fsp3) is 0.200. The predicted molar refractivity (Wildman–Crippen MR) is 79.3 cm³/mol. The van der Waals surface area contributed by atoms with E-state index in [4.69, 9.17) is 26.8 Å². The van der Waals surface area contributed by atoms with Crippen LogP contribution in [0.15, 0.2) is 42.5 Å². The summed E-state index contributed by atoms with van der Waals surface area (Å²) < 4.78 is 23.8. The number of nitrogens with two attached hydrogens (primary N) is 1. The van der Waals surface area contributed by atoms with Gasteiger partial charge in [-0.3, -0.25) is 0 Å². The van der Waals surface area contributed by atoms with Crippen molar-refractivity contribution < 1.29 is 19.0 Å². The third kappa shape index (κ3) is 4.81. The summed E-state index contributed by atoms with van der Waals surface area (Å²) in [7, 11) is 0. The summed E-state index contributed by atoms with van der Waals surface area (Å²) in [5.41, 5.74) is 6.19. The van der Waals surface area contributed by atoms with Gasteiger partial charge in [0, 0.05) is 17.8 Å². The number of halogens is 2. The average molecular weight is 312 g/mol. The molecule has 0 bridgehead atoms. The highest BCUT2D eigenvalue weighted by Crippen LogP contribution is 2.20. The Morgan fingerprint density at radius 1 is 1.10 bits per heavy atom. The van der Waals surface area contributed by atoms with Crippen LogP contribution in [0.25, 0.3) is 0 Å². The van der Waals surface area contributed by atoms with Crippen LogP contribution in [0.3, 0.4) is 0 Å². The number of ether oxygens (including phenoxy) is 2. The summed E-state index contributed by atoms with van der Waals surface area (Å²) in [5, 5.41) is 9.79. The first-order valence-corrected chi connectivity index (χ1v) is 6.66. The van der Waals surface area contributed by atoms with Crippen LogP contribution in [0.5, 0.6) is 11.5 Å². The van der Waals surface area contributed by atoms with Gasteiger partial charge in [-0.2, -0.15) is 0 Å². The Labute approximate surface area is 126 Å². The second-order valence-electron chi connectivity index (χ2n) is 4.42. The fourth-order valence-electron chi connectivity index (χ4n) is 1.60. The molecule has 2 aromatic carbocycles. The first-order valence-electron chi connectivity index (χ1n) is 6.29. The highest BCUT2D eigenvalue weighted by Gasteiger charge is 2.08. The molecule has 0 aliphatic carbocycles. The molecule has 0 spiro atoms. The molecule has 0 radical (unpaired) electrons. The minimum absolute atomic E-state index is 0.0212. The second-order valence-corrected chi connectivity index (χ2v) is 4.83. The van der Waals surface area contributed by atoms with Crippen molar-refractivity contribution in [3.05, 3.63) is 53.3 Å². The first-order chi connectivity index (χ1) is 10.0. The Morgan fingerprint density at radius 3 is 2.38 bits per heavy atom. The summed E-state index contributed by atoms with van der Waals surface area (Å²) in [5.74, 6) is 0.283. The minimum Gasteiger partial charge on any atom is -0.491 e. The van der Waals surface area contributed by atoms with E-state index in [9.17, 15) is 9.50 Å². The van der Waals surface area contributed by atoms with Crippen molar-refractivity contribution in [1.82, 2.24) is 0 Å². The van der Waals surface area contributed by atoms with Gasteiger partial charge in [0.25, 0.3) is 0 Å². The Balaban J connectivity index is 1.79. The number of benzene rings is 2. The Hall–Kier alpha value is -1.98. The van der Waals surface area contributed by atoms with Crippen LogP contribution in [0, 0.1) is 5.82 Å². The van der Waals surface area contributed by atoms with E-state index in [2.05, 4.69) is 0 Å². The largest absolute Gasteiger partial charge is 0.491 e. The maximum absolute atomic E-state index is 13.2. The van der Waals surface area contributed by atoms with E-state index >= 15 is 0 Å². The van der Waals surface area contributed by atoms with Crippen LogP contribution in [0.1, 0.15) is 0 Å². The van der Waals surface area contributed by atoms with E-state index in [1.165, 1.54) is 12.1 Å². The number of anilines is 1. The number of hydrogen-bond donors (Lipinski definition) is 2. The molecular weight excluding hydrogens is 297 g/mol. The van der Waals surface area contributed by atoms with Crippen LogP contribution in [0.4, 0.5) is 10.1 Å². The quantitative estimate of drug-likeness (QED) is 0.805. The zero-order valence-electron chi connectivity index (χ0n) is 11.1. The maximum atomic E-state index is 13.2. The van der Waals surface area contributed by atoms with Gasteiger partial charge in [-0.25, -0.2) is 4.39 Å². The Kier molecular flexibility index (Phi) is 5.25. The number of nitrogen functional groups attached to an aromatic ring is 1. The summed E-state index contributed by atoms with van der Waals surface area (Å²) >= 11 is 5.56. The smallest absolute Gasteiger partial charge is 0.145 e. The van der Waals surface area contributed by atoms with Crippen molar-refractivity contribution in [3.8, 4) is 11.5 Å². The average Bonchev–Trinajstić information content (AvgIpc) is 2.46. The monoisotopic (exact) mass is 311 g/mol. The molecule has 0 aliphatic rings. The topological polar surface area (TPSA) is 64.7 Å². The molecule has 0 aliphatic heterocycles. The van der Waals surface area contributed by atoms with E-state index in [0.29, 0.717) is 17.2 Å². The van der Waals surface area contributed by atoms with Crippen molar-refractivity contribution in [2.45, 2.75) is 6.10 Å². The second kappa shape index (κ2) is 7.15. The van der Waals surface area contributed by atoms with Crippen LogP contribution in [0.2, 0.25) is 5.02 Å². The number of hydrogen-bond acceptors (Lipinski definition) is 4. The lowest BCUT2D eigenvalue weighted by Crippen LogP contribution is -2.25. The fourth-order valence-corrected chi connectivity index (χ4v) is 1.72. The predicted octanol–water partition coefficient (Wildman–Crippen LogP) is 2.88. The molecule has 21 heavy (non-hydrogen) atoms. The van der Waals surface area contributed by atoms with Gasteiger partial charge in [0.15, 0.2) is 0 Å². The highest BCUT2D eigenvalue weighted by atomic mass is 35.5. The molecule has 0 saturated carbocycles. The normalized spacial score (nSPS) is 12.0. The van der Waals surface area contributed by atoms with Crippen LogP contribution < -0.4 is 15.2 Å². The molecule has 0 saturated heterocycles. The zero-order valence-corrected chi connectivity index (χ0v) is 11.9. The molecule has 0 heterocycles. The first kappa shape index (κ1) is 15.4. The van der Waals surface area contributed by atoms with Crippen molar-refractivity contribution in [2.75, 3.05) is 18.9 Å². The van der Waals surface area contributed by atoms with E-state index < -0.39 is 11.9 Å². The third-order valence-corrected chi connectivity index (χ3v) is 2.94. The van der Waals surface area contributed by atoms with E-state index in [1.54, 1.807) is 24.3 Å². The van der Waals surface area contributed by atoms with E-state index in [1.807, 2.05) is 0 Å². The van der Waals surface area contributed by atoms with Gasteiger partial charge in [0.2, 0.25) is 0 Å². The lowest BCUT2D eigenvalue weighted by Gasteiger charge is -2.14. The summed E-state index contributed by atoms with van der Waals surface area (Å²) in [6.45, 7) is 0.0168. The minimum atomic E-state index is -0.856. The molecule has 4 nitrogen and oxygen atoms in total. The molecule has 2 aromatic rings. The van der Waals surface area contributed by atoms with Crippen molar-refractivity contribution >= 4 is 17.3 Å². The van der Waals surface area contributed by atoms with Gasteiger partial charge < -0.3 is 20.3 Å². The van der Waals surface area contributed by atoms with E-state index in [-0.39, 0.29) is 18.2 Å². The van der Waals surface area contributed by atoms with Crippen LogP contribution >= 0.6 is 11.6 Å². The van der Waals surface area contributed by atoms with E-state index in [0.717, 1.165) is 6.07 Å². The summed E-state index contributed by atoms with van der Waals surface area (Å²) in [4.78, 5) is 0. The van der Waals surface area contributed by atoms with Gasteiger partial charge in [0.05, 0.1) is 5.02 Å². The van der Waals surface area contributed by atoms with Crippen molar-refractivity contribution in [2.24, 2.45) is 0 Å². The lowest BCUT2D eigenvalue weighted by molar-refractivity contribution is 0.0625. The molecule has 1 unspecified atom stereocenters. The Bertz CT molecular complexity index is 609. The van der Waals surface area contributed by atoms with Gasteiger partial charge in [-0.05, 0) is 24.3 Å².